The summed E-state index contributed by atoms with van der Waals surface area (Å²) in [6.45, 7) is 0. The van der Waals surface area contributed by atoms with Gasteiger partial charge in [0, 0.05) is 10.0 Å². The van der Waals surface area contributed by atoms with E-state index in [1.807, 2.05) is 0 Å². The van der Waals surface area contributed by atoms with Crippen molar-refractivity contribution in [2.75, 3.05) is 0 Å². The number of nitrogens with zero attached hydrogens (tertiary/aromatic N) is 1. The van der Waals surface area contributed by atoms with E-state index < -0.39 is 17.3 Å². The van der Waals surface area contributed by atoms with Crippen LogP contribution in [0.5, 0.6) is 5.88 Å². The molecule has 1 heterocycles. The molecule has 17 heavy (non-hydrogen) atoms. The second-order valence-corrected chi connectivity index (χ2v) is 4.92. The standard InChI is InChI=1S/C10H5Br2FN2O2/c11-5-1-4(2-6(13)3-5)8-14-9(16)7(12)10(17)15-8/h1-3H,(H2,14,15,16,17). The highest BCUT2D eigenvalue weighted by atomic mass is 79.9. The third-order valence-electron chi connectivity index (χ3n) is 1.98. The molecule has 0 aliphatic carbocycles. The van der Waals surface area contributed by atoms with Crippen LogP contribution in [-0.2, 0) is 0 Å². The van der Waals surface area contributed by atoms with E-state index in [2.05, 4.69) is 41.8 Å². The molecule has 2 rings (SSSR count). The highest BCUT2D eigenvalue weighted by Gasteiger charge is 2.10. The van der Waals surface area contributed by atoms with Crippen molar-refractivity contribution in [2.24, 2.45) is 0 Å². The Hall–Kier alpha value is -1.21. The van der Waals surface area contributed by atoms with Crippen LogP contribution in [0.4, 0.5) is 4.39 Å². The van der Waals surface area contributed by atoms with E-state index in [9.17, 15) is 14.3 Å². The molecule has 0 radical (unpaired) electrons. The average molecular weight is 364 g/mol. The molecule has 0 spiro atoms. The lowest BCUT2D eigenvalue weighted by atomic mass is 10.2. The van der Waals surface area contributed by atoms with Crippen molar-refractivity contribution in [3.63, 3.8) is 0 Å². The number of aromatic amines is 1. The second kappa shape index (κ2) is 4.58. The maximum absolute atomic E-state index is 13.2. The fourth-order valence-corrected chi connectivity index (χ4v) is 1.93. The van der Waals surface area contributed by atoms with Gasteiger partial charge in [0.25, 0.3) is 5.56 Å². The quantitative estimate of drug-likeness (QED) is 0.818. The molecule has 0 saturated heterocycles. The third-order valence-corrected chi connectivity index (χ3v) is 3.15. The van der Waals surface area contributed by atoms with E-state index in [1.54, 1.807) is 6.07 Å². The normalized spacial score (nSPS) is 10.5. The number of benzene rings is 1. The Morgan fingerprint density at radius 2 is 2.00 bits per heavy atom. The van der Waals surface area contributed by atoms with Gasteiger partial charge in [-0.15, -0.1) is 0 Å². The minimum absolute atomic E-state index is 0.0586. The molecule has 7 heteroatoms. The van der Waals surface area contributed by atoms with Gasteiger partial charge in [0.15, 0.2) is 0 Å². The first-order valence-corrected chi connectivity index (χ1v) is 6.01. The lowest BCUT2D eigenvalue weighted by molar-refractivity contribution is 0.448. The third kappa shape index (κ3) is 2.55. The van der Waals surface area contributed by atoms with Crippen LogP contribution in [0.25, 0.3) is 11.4 Å². The summed E-state index contributed by atoms with van der Waals surface area (Å²) in [5, 5.41) is 9.40. The van der Waals surface area contributed by atoms with Crippen LogP contribution in [0.1, 0.15) is 0 Å². The van der Waals surface area contributed by atoms with Gasteiger partial charge in [-0.3, -0.25) is 4.79 Å². The van der Waals surface area contributed by atoms with Gasteiger partial charge in [-0.25, -0.2) is 4.39 Å². The zero-order valence-electron chi connectivity index (χ0n) is 8.17. The zero-order chi connectivity index (χ0) is 12.6. The molecule has 0 aliphatic rings. The van der Waals surface area contributed by atoms with E-state index in [0.717, 1.165) is 0 Å². The molecule has 88 valence electrons. The van der Waals surface area contributed by atoms with Crippen LogP contribution in [0, 0.1) is 5.82 Å². The van der Waals surface area contributed by atoms with Crippen molar-refractivity contribution in [1.29, 1.82) is 0 Å². The number of hydrogen-bond acceptors (Lipinski definition) is 3. The van der Waals surface area contributed by atoms with Crippen LogP contribution < -0.4 is 5.56 Å². The molecule has 1 aromatic heterocycles. The van der Waals surface area contributed by atoms with Crippen LogP contribution in [0.15, 0.2) is 31.9 Å². The molecule has 0 saturated carbocycles. The van der Waals surface area contributed by atoms with E-state index in [-0.39, 0.29) is 10.3 Å². The van der Waals surface area contributed by atoms with Gasteiger partial charge in [-0.05, 0) is 34.1 Å². The number of aromatic nitrogens is 2. The molecule has 2 aromatic rings. The van der Waals surface area contributed by atoms with Gasteiger partial charge in [0.1, 0.15) is 16.1 Å². The first kappa shape index (κ1) is 12.3. The molecule has 0 aliphatic heterocycles. The molecule has 0 atom stereocenters. The molecule has 2 N–H and O–H groups in total. The Morgan fingerprint density at radius 1 is 1.29 bits per heavy atom. The van der Waals surface area contributed by atoms with Crippen molar-refractivity contribution in [1.82, 2.24) is 9.97 Å². The van der Waals surface area contributed by atoms with E-state index >= 15 is 0 Å². The Kier molecular flexibility index (Phi) is 3.30. The maximum atomic E-state index is 13.2. The smallest absolute Gasteiger partial charge is 0.269 e. The molecule has 0 fully saturated rings. The minimum atomic E-state index is -0.534. The Balaban J connectivity index is 2.65. The zero-order valence-corrected chi connectivity index (χ0v) is 11.3. The summed E-state index contributed by atoms with van der Waals surface area (Å²) in [6.07, 6.45) is 0. The Bertz CT molecular complexity index is 622. The van der Waals surface area contributed by atoms with Crippen molar-refractivity contribution in [3.05, 3.63) is 43.3 Å². The second-order valence-electron chi connectivity index (χ2n) is 3.21. The lowest BCUT2D eigenvalue weighted by Gasteiger charge is -2.03. The highest BCUT2D eigenvalue weighted by molar-refractivity contribution is 9.10. The van der Waals surface area contributed by atoms with Gasteiger partial charge in [0.05, 0.1) is 0 Å². The molecule has 0 bridgehead atoms. The van der Waals surface area contributed by atoms with Gasteiger partial charge in [-0.1, -0.05) is 15.9 Å². The first-order chi connectivity index (χ1) is 7.97. The van der Waals surface area contributed by atoms with E-state index in [1.165, 1.54) is 12.1 Å². The summed E-state index contributed by atoms with van der Waals surface area (Å²) in [5.74, 6) is -0.820. The first-order valence-electron chi connectivity index (χ1n) is 4.42. The predicted molar refractivity (Wildman–Crippen MR) is 67.3 cm³/mol. The number of hydrogen-bond donors (Lipinski definition) is 2. The van der Waals surface area contributed by atoms with Gasteiger partial charge < -0.3 is 10.1 Å². The minimum Gasteiger partial charge on any atom is -0.492 e. The van der Waals surface area contributed by atoms with Crippen molar-refractivity contribution < 1.29 is 9.50 Å². The summed E-state index contributed by atoms with van der Waals surface area (Å²) >= 11 is 6.01. The number of aromatic hydroxyl groups is 1. The summed E-state index contributed by atoms with van der Waals surface area (Å²) < 4.78 is 13.6. The fourth-order valence-electron chi connectivity index (χ4n) is 1.27. The monoisotopic (exact) mass is 362 g/mol. The van der Waals surface area contributed by atoms with Gasteiger partial charge >= 0.3 is 0 Å². The van der Waals surface area contributed by atoms with Crippen LogP contribution in [-0.4, -0.2) is 15.1 Å². The largest absolute Gasteiger partial charge is 0.492 e. The summed E-state index contributed by atoms with van der Waals surface area (Å²) in [5.41, 5.74) is -0.176. The van der Waals surface area contributed by atoms with Gasteiger partial charge in [0.2, 0.25) is 5.88 Å². The van der Waals surface area contributed by atoms with E-state index in [4.69, 9.17) is 0 Å². The van der Waals surface area contributed by atoms with Crippen molar-refractivity contribution >= 4 is 31.9 Å². The molecule has 4 nitrogen and oxygen atoms in total. The summed E-state index contributed by atoms with van der Waals surface area (Å²) in [6, 6.07) is 4.06. The number of rotatable bonds is 1. The number of nitrogens with one attached hydrogen (secondary N) is 1. The highest BCUT2D eigenvalue weighted by Crippen LogP contribution is 2.24. The molecular weight excluding hydrogens is 359 g/mol. The van der Waals surface area contributed by atoms with Crippen molar-refractivity contribution in [3.8, 4) is 17.3 Å². The molecule has 1 aromatic carbocycles. The SMILES string of the molecule is O=c1[nH]c(-c2cc(F)cc(Br)c2)nc(O)c1Br. The molecule has 0 unspecified atom stereocenters. The van der Waals surface area contributed by atoms with Crippen LogP contribution >= 0.6 is 31.9 Å². The predicted octanol–water partition coefficient (Wildman–Crippen LogP) is 2.81. The lowest BCUT2D eigenvalue weighted by Crippen LogP contribution is -2.09. The van der Waals surface area contributed by atoms with Crippen molar-refractivity contribution in [2.45, 2.75) is 0 Å². The molecular formula is C10H5Br2FN2O2. The van der Waals surface area contributed by atoms with Gasteiger partial charge in [-0.2, -0.15) is 4.98 Å². The molecule has 0 amide bonds. The number of halogens is 3. The van der Waals surface area contributed by atoms with E-state index in [0.29, 0.717) is 10.0 Å². The summed E-state index contributed by atoms with van der Waals surface area (Å²) in [4.78, 5) is 17.6. The summed E-state index contributed by atoms with van der Waals surface area (Å²) in [7, 11) is 0. The number of H-pyrrole nitrogens is 1. The topological polar surface area (TPSA) is 66.0 Å². The fraction of sp³-hybridized carbons (Fsp3) is 0. The van der Waals surface area contributed by atoms with Crippen LogP contribution in [0.2, 0.25) is 0 Å². The maximum Gasteiger partial charge on any atom is 0.269 e. The average Bonchev–Trinajstić information content (AvgIpc) is 2.23. The Morgan fingerprint density at radius 3 is 2.59 bits per heavy atom. The van der Waals surface area contributed by atoms with Crippen LogP contribution in [0.3, 0.4) is 0 Å². The Labute approximate surface area is 112 Å².